The number of hydrogen-bond acceptors (Lipinski definition) is 3. The van der Waals surface area contributed by atoms with Crippen molar-refractivity contribution in [3.05, 3.63) is 29.8 Å². The van der Waals surface area contributed by atoms with E-state index in [-0.39, 0.29) is 11.6 Å². The first kappa shape index (κ1) is 14.4. The van der Waals surface area contributed by atoms with Crippen LogP contribution in [0, 0.1) is 0 Å². The molecule has 1 heterocycles. The second kappa shape index (κ2) is 5.93. The Morgan fingerprint density at radius 3 is 2.53 bits per heavy atom. The Hall–Kier alpha value is -1.06. The SMILES string of the molecule is CC(C)Oc1ccc(CN2CCNCC2(C)C)cc1. The van der Waals surface area contributed by atoms with E-state index >= 15 is 0 Å². The summed E-state index contributed by atoms with van der Waals surface area (Å²) in [6, 6.07) is 8.50. The molecule has 0 aromatic heterocycles. The van der Waals surface area contributed by atoms with E-state index in [0.717, 1.165) is 31.9 Å². The van der Waals surface area contributed by atoms with Gasteiger partial charge in [-0.2, -0.15) is 0 Å². The summed E-state index contributed by atoms with van der Waals surface area (Å²) in [6.07, 6.45) is 0.234. The molecule has 0 atom stereocenters. The highest BCUT2D eigenvalue weighted by Gasteiger charge is 2.29. The van der Waals surface area contributed by atoms with Gasteiger partial charge >= 0.3 is 0 Å². The highest BCUT2D eigenvalue weighted by molar-refractivity contribution is 5.27. The second-order valence-corrected chi connectivity index (χ2v) is 6.22. The van der Waals surface area contributed by atoms with Gasteiger partial charge in [-0.05, 0) is 45.4 Å². The first-order valence-electron chi connectivity index (χ1n) is 7.19. The van der Waals surface area contributed by atoms with Gasteiger partial charge in [0.2, 0.25) is 0 Å². The lowest BCUT2D eigenvalue weighted by Gasteiger charge is -2.42. The quantitative estimate of drug-likeness (QED) is 0.903. The molecule has 1 aliphatic rings. The molecule has 1 aromatic rings. The Morgan fingerprint density at radius 2 is 1.95 bits per heavy atom. The fourth-order valence-electron chi connectivity index (χ4n) is 2.48. The summed E-state index contributed by atoms with van der Waals surface area (Å²) in [7, 11) is 0. The largest absolute Gasteiger partial charge is 0.491 e. The van der Waals surface area contributed by atoms with E-state index in [1.54, 1.807) is 0 Å². The van der Waals surface area contributed by atoms with E-state index in [0.29, 0.717) is 0 Å². The maximum atomic E-state index is 5.68. The lowest BCUT2D eigenvalue weighted by atomic mass is 9.99. The summed E-state index contributed by atoms with van der Waals surface area (Å²) < 4.78 is 5.68. The van der Waals surface area contributed by atoms with E-state index in [2.05, 4.69) is 62.2 Å². The molecule has 1 aromatic carbocycles. The molecule has 0 saturated carbocycles. The summed E-state index contributed by atoms with van der Waals surface area (Å²) in [6.45, 7) is 13.0. The standard InChI is InChI=1S/C16H26N2O/c1-13(2)19-15-7-5-14(6-8-15)11-18-10-9-17-12-16(18,3)4/h5-8,13,17H,9-12H2,1-4H3. The predicted molar refractivity (Wildman–Crippen MR) is 79.6 cm³/mol. The molecule has 1 saturated heterocycles. The Kier molecular flexibility index (Phi) is 4.48. The summed E-state index contributed by atoms with van der Waals surface area (Å²) >= 11 is 0. The minimum absolute atomic E-state index is 0.228. The summed E-state index contributed by atoms with van der Waals surface area (Å²) in [5.41, 5.74) is 1.58. The maximum absolute atomic E-state index is 5.68. The Bertz CT molecular complexity index is 398. The third-order valence-corrected chi connectivity index (χ3v) is 3.64. The number of ether oxygens (including phenoxy) is 1. The molecule has 2 rings (SSSR count). The molecule has 0 aliphatic carbocycles. The average molecular weight is 262 g/mol. The smallest absolute Gasteiger partial charge is 0.119 e. The van der Waals surface area contributed by atoms with E-state index in [4.69, 9.17) is 4.74 Å². The molecule has 3 nitrogen and oxygen atoms in total. The number of nitrogens with zero attached hydrogens (tertiary/aromatic N) is 1. The van der Waals surface area contributed by atoms with Crippen LogP contribution in [0.4, 0.5) is 0 Å². The number of benzene rings is 1. The molecule has 0 spiro atoms. The monoisotopic (exact) mass is 262 g/mol. The van der Waals surface area contributed by atoms with Gasteiger partial charge < -0.3 is 10.1 Å². The van der Waals surface area contributed by atoms with Crippen LogP contribution in [-0.4, -0.2) is 36.2 Å². The third-order valence-electron chi connectivity index (χ3n) is 3.64. The van der Waals surface area contributed by atoms with Gasteiger partial charge in [-0.1, -0.05) is 12.1 Å². The van der Waals surface area contributed by atoms with E-state index in [9.17, 15) is 0 Å². The van der Waals surface area contributed by atoms with Crippen molar-refractivity contribution in [2.45, 2.75) is 45.9 Å². The summed E-state index contributed by atoms with van der Waals surface area (Å²) in [5.74, 6) is 0.957. The van der Waals surface area contributed by atoms with Gasteiger partial charge in [0.15, 0.2) is 0 Å². The number of rotatable bonds is 4. The van der Waals surface area contributed by atoms with Crippen LogP contribution in [0.1, 0.15) is 33.3 Å². The minimum Gasteiger partial charge on any atom is -0.491 e. The van der Waals surface area contributed by atoms with Crippen molar-refractivity contribution in [1.29, 1.82) is 0 Å². The summed E-state index contributed by atoms with van der Waals surface area (Å²) in [5, 5.41) is 3.46. The Morgan fingerprint density at radius 1 is 1.26 bits per heavy atom. The zero-order valence-electron chi connectivity index (χ0n) is 12.6. The second-order valence-electron chi connectivity index (χ2n) is 6.22. The van der Waals surface area contributed by atoms with Crippen molar-refractivity contribution < 1.29 is 4.74 Å². The minimum atomic E-state index is 0.228. The fourth-order valence-corrected chi connectivity index (χ4v) is 2.48. The molecular weight excluding hydrogens is 236 g/mol. The molecule has 0 amide bonds. The van der Waals surface area contributed by atoms with Gasteiger partial charge in [-0.3, -0.25) is 4.90 Å². The first-order chi connectivity index (χ1) is 8.97. The van der Waals surface area contributed by atoms with Gasteiger partial charge in [0.1, 0.15) is 5.75 Å². The fraction of sp³-hybridized carbons (Fsp3) is 0.625. The molecule has 1 fully saturated rings. The Labute approximate surface area is 116 Å². The van der Waals surface area contributed by atoms with Gasteiger partial charge in [-0.15, -0.1) is 0 Å². The van der Waals surface area contributed by atoms with Gasteiger partial charge in [0.25, 0.3) is 0 Å². The molecule has 0 radical (unpaired) electrons. The van der Waals surface area contributed by atoms with Crippen LogP contribution >= 0.6 is 0 Å². The third kappa shape index (κ3) is 3.95. The lowest BCUT2D eigenvalue weighted by molar-refractivity contribution is 0.0827. The highest BCUT2D eigenvalue weighted by atomic mass is 16.5. The normalized spacial score (nSPS) is 19.6. The molecule has 3 heteroatoms. The van der Waals surface area contributed by atoms with Crippen molar-refractivity contribution >= 4 is 0 Å². The molecule has 0 unspecified atom stereocenters. The van der Waals surface area contributed by atoms with Gasteiger partial charge in [0, 0.05) is 31.7 Å². The van der Waals surface area contributed by atoms with E-state index in [1.807, 2.05) is 0 Å². The maximum Gasteiger partial charge on any atom is 0.119 e. The van der Waals surface area contributed by atoms with Crippen molar-refractivity contribution in [1.82, 2.24) is 10.2 Å². The average Bonchev–Trinajstić information content (AvgIpc) is 2.33. The van der Waals surface area contributed by atoms with Gasteiger partial charge in [-0.25, -0.2) is 0 Å². The number of piperazine rings is 1. The predicted octanol–water partition coefficient (Wildman–Crippen LogP) is 2.66. The van der Waals surface area contributed by atoms with Gasteiger partial charge in [0.05, 0.1) is 6.10 Å². The van der Waals surface area contributed by atoms with Crippen molar-refractivity contribution in [2.24, 2.45) is 0 Å². The van der Waals surface area contributed by atoms with Crippen LogP contribution in [0.2, 0.25) is 0 Å². The van der Waals surface area contributed by atoms with Crippen molar-refractivity contribution in [2.75, 3.05) is 19.6 Å². The number of nitrogens with one attached hydrogen (secondary N) is 1. The molecular formula is C16H26N2O. The summed E-state index contributed by atoms with van der Waals surface area (Å²) in [4.78, 5) is 2.54. The molecule has 0 bridgehead atoms. The van der Waals surface area contributed by atoms with Crippen LogP contribution in [0.25, 0.3) is 0 Å². The molecule has 106 valence electrons. The van der Waals surface area contributed by atoms with Crippen molar-refractivity contribution in [3.8, 4) is 5.75 Å². The van der Waals surface area contributed by atoms with Crippen LogP contribution in [0.5, 0.6) is 5.75 Å². The lowest BCUT2D eigenvalue weighted by Crippen LogP contribution is -2.57. The molecule has 1 aliphatic heterocycles. The molecule has 19 heavy (non-hydrogen) atoms. The number of hydrogen-bond donors (Lipinski definition) is 1. The molecule has 1 N–H and O–H groups in total. The van der Waals surface area contributed by atoms with E-state index in [1.165, 1.54) is 5.56 Å². The van der Waals surface area contributed by atoms with Crippen LogP contribution in [0.15, 0.2) is 24.3 Å². The first-order valence-corrected chi connectivity index (χ1v) is 7.19. The van der Waals surface area contributed by atoms with Crippen molar-refractivity contribution in [3.63, 3.8) is 0 Å². The topological polar surface area (TPSA) is 24.5 Å². The highest BCUT2D eigenvalue weighted by Crippen LogP contribution is 2.21. The van der Waals surface area contributed by atoms with Crippen LogP contribution < -0.4 is 10.1 Å². The zero-order valence-corrected chi connectivity index (χ0v) is 12.6. The Balaban J connectivity index is 1.99. The zero-order chi connectivity index (χ0) is 13.9. The van der Waals surface area contributed by atoms with Crippen LogP contribution in [0.3, 0.4) is 0 Å². The van der Waals surface area contributed by atoms with Crippen LogP contribution in [-0.2, 0) is 6.54 Å². The van der Waals surface area contributed by atoms with E-state index < -0.39 is 0 Å².